The second-order valence-corrected chi connectivity index (χ2v) is 9.41. The first-order valence-corrected chi connectivity index (χ1v) is 10.7. The minimum atomic E-state index is -0.398. The summed E-state index contributed by atoms with van der Waals surface area (Å²) < 4.78 is 2.18. The van der Waals surface area contributed by atoms with Gasteiger partial charge in [-0.25, -0.2) is 0 Å². The number of aromatic nitrogens is 1. The van der Waals surface area contributed by atoms with E-state index in [1.165, 1.54) is 0 Å². The predicted octanol–water partition coefficient (Wildman–Crippen LogP) is 4.11. The summed E-state index contributed by atoms with van der Waals surface area (Å²) in [4.78, 5) is 30.0. The number of benzene rings is 1. The Hall–Kier alpha value is -2.27. The molecule has 1 aromatic carbocycles. The SMILES string of the molecule is CC(C)(C)N(CC(=O)N1CCn2cccc2C1c1ccccc1Cl)C(=O)C1CC1. The van der Waals surface area contributed by atoms with Crippen LogP contribution in [0, 0.1) is 5.92 Å². The van der Waals surface area contributed by atoms with E-state index in [-0.39, 0.29) is 30.3 Å². The summed E-state index contributed by atoms with van der Waals surface area (Å²) in [5, 5.41) is 0.645. The fourth-order valence-electron chi connectivity index (χ4n) is 4.10. The van der Waals surface area contributed by atoms with Crippen LogP contribution in [-0.4, -0.2) is 44.8 Å². The van der Waals surface area contributed by atoms with Gasteiger partial charge in [-0.3, -0.25) is 9.59 Å². The highest BCUT2D eigenvalue weighted by Gasteiger charge is 2.40. The van der Waals surface area contributed by atoms with E-state index in [9.17, 15) is 9.59 Å². The molecule has 0 N–H and O–H groups in total. The molecule has 6 heteroatoms. The molecule has 4 rings (SSSR count). The molecule has 2 amide bonds. The molecule has 0 saturated heterocycles. The first-order valence-electron chi connectivity index (χ1n) is 10.3. The average molecular weight is 414 g/mol. The van der Waals surface area contributed by atoms with Crippen LogP contribution in [0.4, 0.5) is 0 Å². The van der Waals surface area contributed by atoms with Crippen LogP contribution in [0.2, 0.25) is 5.02 Å². The fraction of sp³-hybridized carbons (Fsp3) is 0.478. The molecule has 0 spiro atoms. The molecule has 154 valence electrons. The van der Waals surface area contributed by atoms with Crippen molar-refractivity contribution in [3.63, 3.8) is 0 Å². The van der Waals surface area contributed by atoms with Crippen LogP contribution in [0.15, 0.2) is 42.6 Å². The van der Waals surface area contributed by atoms with Gasteiger partial charge in [0.05, 0.1) is 6.04 Å². The molecule has 29 heavy (non-hydrogen) atoms. The van der Waals surface area contributed by atoms with E-state index in [4.69, 9.17) is 11.6 Å². The van der Waals surface area contributed by atoms with Gasteiger partial charge in [-0.1, -0.05) is 29.8 Å². The lowest BCUT2D eigenvalue weighted by Gasteiger charge is -2.41. The van der Waals surface area contributed by atoms with Crippen LogP contribution < -0.4 is 0 Å². The highest BCUT2D eigenvalue weighted by Crippen LogP contribution is 2.37. The molecular formula is C23H28ClN3O2. The number of rotatable bonds is 4. The molecule has 1 fully saturated rings. The lowest BCUT2D eigenvalue weighted by molar-refractivity contribution is -0.147. The summed E-state index contributed by atoms with van der Waals surface area (Å²) in [6.07, 6.45) is 3.90. The average Bonchev–Trinajstić information content (AvgIpc) is 3.41. The lowest BCUT2D eigenvalue weighted by atomic mass is 9.99. The van der Waals surface area contributed by atoms with Gasteiger partial charge in [0.25, 0.3) is 0 Å². The minimum absolute atomic E-state index is 0.0358. The number of fused-ring (bicyclic) bond motifs is 1. The van der Waals surface area contributed by atoms with Crippen molar-refractivity contribution in [2.75, 3.05) is 13.1 Å². The minimum Gasteiger partial charge on any atom is -0.348 e. The second kappa shape index (κ2) is 7.52. The third-order valence-electron chi connectivity index (χ3n) is 5.85. The Morgan fingerprint density at radius 1 is 1.10 bits per heavy atom. The third kappa shape index (κ3) is 3.93. The topological polar surface area (TPSA) is 45.6 Å². The first-order chi connectivity index (χ1) is 13.8. The van der Waals surface area contributed by atoms with Crippen LogP contribution in [-0.2, 0) is 16.1 Å². The van der Waals surface area contributed by atoms with E-state index in [0.717, 1.165) is 30.6 Å². The molecule has 1 saturated carbocycles. The number of hydrogen-bond acceptors (Lipinski definition) is 2. The van der Waals surface area contributed by atoms with Crippen molar-refractivity contribution < 1.29 is 9.59 Å². The van der Waals surface area contributed by atoms with Crippen molar-refractivity contribution in [3.05, 3.63) is 58.9 Å². The third-order valence-corrected chi connectivity index (χ3v) is 6.20. The van der Waals surface area contributed by atoms with Gasteiger partial charge in [0, 0.05) is 41.5 Å². The molecule has 0 bridgehead atoms. The molecule has 1 aromatic heterocycles. The number of nitrogens with zero attached hydrogens (tertiary/aromatic N) is 3. The fourth-order valence-corrected chi connectivity index (χ4v) is 4.34. The maximum Gasteiger partial charge on any atom is 0.243 e. The summed E-state index contributed by atoms with van der Waals surface area (Å²) in [5.41, 5.74) is 1.57. The second-order valence-electron chi connectivity index (χ2n) is 9.01. The van der Waals surface area contributed by atoms with Crippen molar-refractivity contribution in [3.8, 4) is 0 Å². The Balaban J connectivity index is 1.66. The van der Waals surface area contributed by atoms with E-state index in [1.807, 2.05) is 68.3 Å². The molecule has 2 heterocycles. The van der Waals surface area contributed by atoms with Gasteiger partial charge < -0.3 is 14.4 Å². The van der Waals surface area contributed by atoms with Crippen LogP contribution in [0.3, 0.4) is 0 Å². The zero-order valence-corrected chi connectivity index (χ0v) is 18.0. The lowest BCUT2D eigenvalue weighted by Crippen LogP contribution is -2.53. The molecule has 2 aliphatic rings. The van der Waals surface area contributed by atoms with Gasteiger partial charge in [-0.2, -0.15) is 0 Å². The van der Waals surface area contributed by atoms with E-state index < -0.39 is 5.54 Å². The van der Waals surface area contributed by atoms with Crippen LogP contribution >= 0.6 is 11.6 Å². The van der Waals surface area contributed by atoms with Crippen molar-refractivity contribution >= 4 is 23.4 Å². The Morgan fingerprint density at radius 3 is 2.48 bits per heavy atom. The van der Waals surface area contributed by atoms with Gasteiger partial charge in [0.2, 0.25) is 11.8 Å². The van der Waals surface area contributed by atoms with E-state index in [2.05, 4.69) is 4.57 Å². The van der Waals surface area contributed by atoms with Crippen LogP contribution in [0.1, 0.15) is 50.9 Å². The molecule has 1 atom stereocenters. The summed E-state index contributed by atoms with van der Waals surface area (Å²) in [7, 11) is 0. The number of carbonyl (C=O) groups is 2. The number of halogens is 1. The Morgan fingerprint density at radius 2 is 1.83 bits per heavy atom. The van der Waals surface area contributed by atoms with Gasteiger partial charge >= 0.3 is 0 Å². The highest BCUT2D eigenvalue weighted by molar-refractivity contribution is 6.31. The Labute approximate surface area is 177 Å². The van der Waals surface area contributed by atoms with Crippen molar-refractivity contribution in [2.45, 2.75) is 51.7 Å². The largest absolute Gasteiger partial charge is 0.348 e. The molecule has 1 aliphatic heterocycles. The summed E-state index contributed by atoms with van der Waals surface area (Å²) in [6.45, 7) is 7.40. The number of carbonyl (C=O) groups excluding carboxylic acids is 2. The van der Waals surface area contributed by atoms with Gasteiger partial charge in [-0.15, -0.1) is 0 Å². The number of amides is 2. The molecule has 1 unspecified atom stereocenters. The Kier molecular flexibility index (Phi) is 5.19. The smallest absolute Gasteiger partial charge is 0.243 e. The summed E-state index contributed by atoms with van der Waals surface area (Å²) >= 11 is 6.53. The quantitative estimate of drug-likeness (QED) is 0.757. The van der Waals surface area contributed by atoms with Gasteiger partial charge in [-0.05, 0) is 57.4 Å². The van der Waals surface area contributed by atoms with Crippen molar-refractivity contribution in [1.29, 1.82) is 0 Å². The van der Waals surface area contributed by atoms with Gasteiger partial charge in [0.15, 0.2) is 0 Å². The highest BCUT2D eigenvalue weighted by atomic mass is 35.5. The molecule has 1 aliphatic carbocycles. The van der Waals surface area contributed by atoms with E-state index >= 15 is 0 Å². The standard InChI is InChI=1S/C23H28ClN3O2/c1-23(2,3)27(22(29)16-10-11-16)15-20(28)26-14-13-25-12-6-9-19(25)21(26)17-7-4-5-8-18(17)24/h4-9,12,16,21H,10-11,13-15H2,1-3H3. The zero-order valence-electron chi connectivity index (χ0n) is 17.3. The van der Waals surface area contributed by atoms with Crippen molar-refractivity contribution in [2.24, 2.45) is 5.92 Å². The van der Waals surface area contributed by atoms with Crippen LogP contribution in [0.5, 0.6) is 0 Å². The molecule has 0 radical (unpaired) electrons. The predicted molar refractivity (Wildman–Crippen MR) is 114 cm³/mol. The maximum atomic E-state index is 13.5. The molecule has 5 nitrogen and oxygen atoms in total. The first kappa shape index (κ1) is 20.0. The number of hydrogen-bond donors (Lipinski definition) is 0. The monoisotopic (exact) mass is 413 g/mol. The van der Waals surface area contributed by atoms with Crippen LogP contribution in [0.25, 0.3) is 0 Å². The van der Waals surface area contributed by atoms with Gasteiger partial charge in [0.1, 0.15) is 6.54 Å². The zero-order chi connectivity index (χ0) is 20.8. The Bertz CT molecular complexity index is 926. The van der Waals surface area contributed by atoms with E-state index in [1.54, 1.807) is 4.90 Å². The summed E-state index contributed by atoms with van der Waals surface area (Å²) in [6, 6.07) is 11.5. The summed E-state index contributed by atoms with van der Waals surface area (Å²) in [5.74, 6) is 0.145. The maximum absolute atomic E-state index is 13.5. The van der Waals surface area contributed by atoms with Crippen molar-refractivity contribution in [1.82, 2.24) is 14.4 Å². The molecular weight excluding hydrogens is 386 g/mol. The van der Waals surface area contributed by atoms with E-state index in [0.29, 0.717) is 11.6 Å². The normalized spacial score (nSPS) is 19.0. The molecule has 2 aromatic rings.